The number of hydrogen-bond acceptors (Lipinski definition) is 9. The van der Waals surface area contributed by atoms with Crippen LogP contribution in [0.3, 0.4) is 0 Å². The van der Waals surface area contributed by atoms with Crippen molar-refractivity contribution in [3.63, 3.8) is 0 Å². The van der Waals surface area contributed by atoms with Crippen molar-refractivity contribution in [3.05, 3.63) is 57.0 Å². The molecule has 4 rings (SSSR count). The Hall–Kier alpha value is -3.26. The Balaban J connectivity index is 1.65. The third-order valence-electron chi connectivity index (χ3n) is 5.80. The lowest BCUT2D eigenvalue weighted by Gasteiger charge is -2.38. The minimum absolute atomic E-state index is 0.177. The molecule has 0 N–H and O–H groups in total. The van der Waals surface area contributed by atoms with Crippen LogP contribution in [0.2, 0.25) is 4.34 Å². The van der Waals surface area contributed by atoms with Gasteiger partial charge in [0.05, 0.1) is 30.1 Å². The fraction of sp³-hybridized carbons (Fsp3) is 0.360. The van der Waals surface area contributed by atoms with Gasteiger partial charge in [0.1, 0.15) is 11.6 Å². The zero-order chi connectivity index (χ0) is 28.5. The summed E-state index contributed by atoms with van der Waals surface area (Å²) in [5, 5.41) is 1.60. The molecule has 1 saturated heterocycles. The maximum atomic E-state index is 13.3. The predicted molar refractivity (Wildman–Crippen MR) is 147 cm³/mol. The molecule has 0 aliphatic carbocycles. The first kappa shape index (κ1) is 28.7. The third kappa shape index (κ3) is 6.49. The number of hydrogen-bond donors (Lipinski definition) is 0. The second-order valence-electron chi connectivity index (χ2n) is 9.73. The number of halogens is 1. The molecular weight excluding hydrogens is 568 g/mol. The van der Waals surface area contributed by atoms with Crippen LogP contribution in [-0.2, 0) is 35.6 Å². The normalized spacial score (nSPS) is 17.2. The van der Waals surface area contributed by atoms with E-state index >= 15 is 0 Å². The first-order valence-electron chi connectivity index (χ1n) is 11.8. The van der Waals surface area contributed by atoms with Gasteiger partial charge in [-0.25, -0.2) is 22.6 Å². The van der Waals surface area contributed by atoms with Crippen LogP contribution >= 0.6 is 22.9 Å². The van der Waals surface area contributed by atoms with Crippen LogP contribution in [0.5, 0.6) is 0 Å². The lowest BCUT2D eigenvalue weighted by atomic mass is 10.1. The van der Waals surface area contributed by atoms with E-state index < -0.39 is 46.2 Å². The van der Waals surface area contributed by atoms with Crippen molar-refractivity contribution in [2.75, 3.05) is 20.2 Å². The number of piperazine rings is 1. The Labute approximate surface area is 234 Å². The van der Waals surface area contributed by atoms with Gasteiger partial charge in [-0.2, -0.15) is 4.31 Å². The summed E-state index contributed by atoms with van der Waals surface area (Å²) in [4.78, 5) is 45.2. The Morgan fingerprint density at radius 2 is 2.00 bits per heavy atom. The molecule has 0 saturated carbocycles. The largest absolute Gasteiger partial charge is 0.467 e. The Morgan fingerprint density at radius 1 is 1.26 bits per heavy atom. The van der Waals surface area contributed by atoms with Crippen molar-refractivity contribution < 1.29 is 32.3 Å². The van der Waals surface area contributed by atoms with E-state index in [2.05, 4.69) is 4.98 Å². The van der Waals surface area contributed by atoms with Crippen molar-refractivity contribution in [1.29, 1.82) is 0 Å². The van der Waals surface area contributed by atoms with E-state index in [1.807, 2.05) is 0 Å². The maximum Gasteiger partial charge on any atom is 0.419 e. The van der Waals surface area contributed by atoms with Crippen molar-refractivity contribution in [1.82, 2.24) is 18.8 Å². The summed E-state index contributed by atoms with van der Waals surface area (Å²) in [7, 11) is -2.91. The highest BCUT2D eigenvalue weighted by molar-refractivity contribution is 7.92. The van der Waals surface area contributed by atoms with E-state index in [9.17, 15) is 22.8 Å². The highest BCUT2D eigenvalue weighted by Crippen LogP contribution is 2.27. The molecule has 4 heterocycles. The molecule has 1 aliphatic heterocycles. The van der Waals surface area contributed by atoms with Gasteiger partial charge in [-0.1, -0.05) is 11.6 Å². The van der Waals surface area contributed by atoms with Gasteiger partial charge in [-0.05, 0) is 51.1 Å². The fourth-order valence-electron chi connectivity index (χ4n) is 4.09. The number of thiophene rings is 1. The Bertz CT molecular complexity index is 1560. The number of amides is 1. The number of sulfonamides is 1. The molecule has 14 heteroatoms. The maximum absolute atomic E-state index is 13.3. The third-order valence-corrected chi connectivity index (χ3v) is 8.48. The number of carbonyl (C=O) groups excluding carboxylic acids is 3. The van der Waals surface area contributed by atoms with E-state index in [1.165, 1.54) is 33.1 Å². The number of carbonyl (C=O) groups is 3. The summed E-state index contributed by atoms with van der Waals surface area (Å²) in [6.45, 7) is 4.19. The fourth-order valence-corrected chi connectivity index (χ4v) is 6.27. The lowest BCUT2D eigenvalue weighted by molar-refractivity contribution is -0.157. The summed E-state index contributed by atoms with van der Waals surface area (Å²) in [5.74, 6) is -1.43. The van der Waals surface area contributed by atoms with Gasteiger partial charge >= 0.3 is 12.1 Å². The molecule has 39 heavy (non-hydrogen) atoms. The average molecular weight is 595 g/mol. The average Bonchev–Trinajstić information content (AvgIpc) is 3.45. The number of nitrogens with zero attached hydrogens (tertiary/aromatic N) is 4. The molecule has 1 amide bonds. The summed E-state index contributed by atoms with van der Waals surface area (Å²) in [6.07, 6.45) is 3.80. The zero-order valence-electron chi connectivity index (χ0n) is 21.7. The Kier molecular flexibility index (Phi) is 8.17. The van der Waals surface area contributed by atoms with E-state index in [0.29, 0.717) is 25.8 Å². The smallest absolute Gasteiger partial charge is 0.419 e. The number of esters is 1. The summed E-state index contributed by atoms with van der Waals surface area (Å²) >= 11 is 7.10. The van der Waals surface area contributed by atoms with Crippen LogP contribution in [-0.4, -0.2) is 77.0 Å². The molecule has 11 nitrogen and oxygen atoms in total. The van der Waals surface area contributed by atoms with E-state index in [0.717, 1.165) is 16.8 Å². The number of methoxy groups -OCH3 is 1. The van der Waals surface area contributed by atoms with Gasteiger partial charge in [-0.15, -0.1) is 11.3 Å². The summed E-state index contributed by atoms with van der Waals surface area (Å²) in [5.41, 5.74) is 0.0845. The highest BCUT2D eigenvalue weighted by Gasteiger charge is 2.42. The molecule has 3 aromatic heterocycles. The molecule has 208 valence electrons. The SMILES string of the molecule is COC(=O)C1CN(S(=O)(=O)/C=C/c2ccc(Cl)s2)CC(=O)N1Cc1cc2cnccc2n1C(=O)OC(C)(C)C. The number of fused-ring (bicyclic) bond motifs is 1. The molecule has 1 aliphatic rings. The monoisotopic (exact) mass is 594 g/mol. The van der Waals surface area contributed by atoms with Gasteiger partial charge in [0.15, 0.2) is 0 Å². The van der Waals surface area contributed by atoms with Crippen molar-refractivity contribution >= 4 is 67.9 Å². The number of rotatable bonds is 6. The first-order valence-corrected chi connectivity index (χ1v) is 14.5. The summed E-state index contributed by atoms with van der Waals surface area (Å²) in [6, 6.07) is 5.37. The molecular formula is C25H27ClN4O7S2. The molecule has 3 aromatic rings. The molecule has 1 atom stereocenters. The minimum atomic E-state index is -4.07. The first-order chi connectivity index (χ1) is 18.3. The second-order valence-corrected chi connectivity index (χ2v) is 13.3. The van der Waals surface area contributed by atoms with Crippen LogP contribution in [0, 0.1) is 0 Å². The van der Waals surface area contributed by atoms with Crippen LogP contribution in [0.1, 0.15) is 31.3 Å². The number of pyridine rings is 1. The van der Waals surface area contributed by atoms with E-state index in [1.54, 1.807) is 51.2 Å². The van der Waals surface area contributed by atoms with Gasteiger partial charge in [-0.3, -0.25) is 9.78 Å². The van der Waals surface area contributed by atoms with E-state index in [4.69, 9.17) is 21.1 Å². The molecule has 0 radical (unpaired) electrons. The standard InChI is InChI=1S/C25H27ClN4O7S2/c1-25(2,3)37-24(33)30-17(11-16-12-27-9-7-19(16)30)13-29-20(23(32)36-4)14-28(15-22(29)31)39(34,35)10-8-18-5-6-21(26)38-18/h5-12,20H,13-15H2,1-4H3/b10-8+. The van der Waals surface area contributed by atoms with Crippen LogP contribution in [0.4, 0.5) is 4.79 Å². The van der Waals surface area contributed by atoms with Gasteiger partial charge in [0.2, 0.25) is 15.9 Å². The zero-order valence-corrected chi connectivity index (χ0v) is 24.0. The molecule has 0 spiro atoms. The van der Waals surface area contributed by atoms with Crippen molar-refractivity contribution in [2.24, 2.45) is 0 Å². The van der Waals surface area contributed by atoms with Gasteiger partial charge in [0.25, 0.3) is 0 Å². The second kappa shape index (κ2) is 11.1. The lowest BCUT2D eigenvalue weighted by Crippen LogP contribution is -2.60. The van der Waals surface area contributed by atoms with Gasteiger partial charge in [0, 0.05) is 40.3 Å². The van der Waals surface area contributed by atoms with Crippen LogP contribution < -0.4 is 0 Å². The molecule has 1 fully saturated rings. The predicted octanol–water partition coefficient (Wildman–Crippen LogP) is 3.72. The summed E-state index contributed by atoms with van der Waals surface area (Å²) < 4.78 is 39.3. The van der Waals surface area contributed by atoms with E-state index in [-0.39, 0.29) is 13.1 Å². The minimum Gasteiger partial charge on any atom is -0.467 e. The van der Waals surface area contributed by atoms with Crippen LogP contribution in [0.25, 0.3) is 17.0 Å². The Morgan fingerprint density at radius 3 is 2.64 bits per heavy atom. The quantitative estimate of drug-likeness (QED) is 0.395. The molecule has 0 bridgehead atoms. The van der Waals surface area contributed by atoms with Crippen molar-refractivity contribution in [2.45, 2.75) is 39.0 Å². The number of ether oxygens (including phenoxy) is 2. The highest BCUT2D eigenvalue weighted by atomic mass is 35.5. The van der Waals surface area contributed by atoms with Gasteiger partial charge < -0.3 is 14.4 Å². The molecule has 0 aromatic carbocycles. The molecule has 1 unspecified atom stereocenters. The van der Waals surface area contributed by atoms with Crippen molar-refractivity contribution in [3.8, 4) is 0 Å². The van der Waals surface area contributed by atoms with Crippen LogP contribution in [0.15, 0.2) is 42.1 Å². The topological polar surface area (TPSA) is 128 Å². The number of aromatic nitrogens is 2.